The zero-order valence-corrected chi connectivity index (χ0v) is 19.5. The summed E-state index contributed by atoms with van der Waals surface area (Å²) < 4.78 is 31.4. The number of aromatic nitrogens is 5. The van der Waals surface area contributed by atoms with E-state index < -0.39 is 10.0 Å². The van der Waals surface area contributed by atoms with Crippen LogP contribution in [0.1, 0.15) is 11.3 Å². The van der Waals surface area contributed by atoms with Crippen molar-refractivity contribution in [2.24, 2.45) is 14.1 Å². The van der Waals surface area contributed by atoms with Crippen molar-refractivity contribution in [1.29, 1.82) is 0 Å². The zero-order chi connectivity index (χ0) is 23.9. The van der Waals surface area contributed by atoms with Gasteiger partial charge in [0, 0.05) is 54.6 Å². The van der Waals surface area contributed by atoms with Gasteiger partial charge < -0.3 is 4.57 Å². The summed E-state index contributed by atoms with van der Waals surface area (Å²) in [6.07, 6.45) is 8.52. The van der Waals surface area contributed by atoms with Crippen LogP contribution in [-0.2, 0) is 36.4 Å². The fourth-order valence-corrected chi connectivity index (χ4v) is 4.96. The molecule has 3 heterocycles. The van der Waals surface area contributed by atoms with E-state index in [9.17, 15) is 13.2 Å². The minimum atomic E-state index is -3.62. The number of aryl methyl sites for hydroxylation is 2. The first kappa shape index (κ1) is 21.9. The van der Waals surface area contributed by atoms with Gasteiger partial charge in [0.05, 0.1) is 36.0 Å². The van der Waals surface area contributed by atoms with Gasteiger partial charge in [0.1, 0.15) is 0 Å². The van der Waals surface area contributed by atoms with Gasteiger partial charge in [-0.15, -0.1) is 0 Å². The van der Waals surface area contributed by atoms with Crippen LogP contribution in [-0.4, -0.2) is 32.7 Å². The Kier molecular flexibility index (Phi) is 5.46. The first-order valence-corrected chi connectivity index (χ1v) is 12.2. The Bertz CT molecular complexity index is 1710. The summed E-state index contributed by atoms with van der Waals surface area (Å²) in [6, 6.07) is 10.6. The van der Waals surface area contributed by atoms with Gasteiger partial charge in [-0.2, -0.15) is 5.10 Å². The Hall–Kier alpha value is -3.89. The molecule has 5 rings (SSSR count). The predicted molar refractivity (Wildman–Crippen MR) is 130 cm³/mol. The molecule has 0 fully saturated rings. The normalized spacial score (nSPS) is 11.9. The van der Waals surface area contributed by atoms with Gasteiger partial charge in [-0.05, 0) is 29.1 Å². The van der Waals surface area contributed by atoms with Crippen LogP contribution in [0.3, 0.4) is 0 Å². The Morgan fingerprint density at radius 3 is 2.53 bits per heavy atom. The van der Waals surface area contributed by atoms with E-state index in [-0.39, 0.29) is 17.7 Å². The lowest BCUT2D eigenvalue weighted by Crippen LogP contribution is -2.25. The van der Waals surface area contributed by atoms with Crippen LogP contribution in [0.5, 0.6) is 0 Å². The van der Waals surface area contributed by atoms with Crippen LogP contribution in [0, 0.1) is 0 Å². The smallest absolute Gasteiger partial charge is 0.216 e. The van der Waals surface area contributed by atoms with E-state index in [0.717, 1.165) is 22.2 Å². The number of benzene rings is 1. The second-order valence-electron chi connectivity index (χ2n) is 8.22. The standard InChI is InChI=1S/C24H22N6O3S/c1-29-15-25-11-20(29)12-28-34(32,33)14-16-3-4-17-5-6-23-22(24(31)21(17)7-16)8-18(9-26-23)19-10-27-30(2)13-19/h3-11,13,15,28H,12,14H2,1-2H3. The third-order valence-electron chi connectivity index (χ3n) is 5.73. The summed E-state index contributed by atoms with van der Waals surface area (Å²) in [4.78, 5) is 21.9. The molecule has 34 heavy (non-hydrogen) atoms. The minimum Gasteiger partial charge on any atom is -0.337 e. The highest BCUT2D eigenvalue weighted by Gasteiger charge is 2.14. The number of sulfonamides is 1. The molecule has 5 aromatic rings. The van der Waals surface area contributed by atoms with E-state index in [2.05, 4.69) is 19.8 Å². The molecule has 0 amide bonds. The van der Waals surface area contributed by atoms with Gasteiger partial charge in [-0.1, -0.05) is 18.2 Å². The second kappa shape index (κ2) is 8.47. The third kappa shape index (κ3) is 4.33. The Labute approximate surface area is 195 Å². The molecule has 0 spiro atoms. The average molecular weight is 475 g/mol. The molecular formula is C24H22N6O3S. The van der Waals surface area contributed by atoms with Crippen molar-refractivity contribution in [2.45, 2.75) is 12.3 Å². The van der Waals surface area contributed by atoms with E-state index in [1.165, 1.54) is 0 Å². The minimum absolute atomic E-state index is 0.140. The summed E-state index contributed by atoms with van der Waals surface area (Å²) in [5.41, 5.74) is 3.29. The number of fused-ring (bicyclic) bond motifs is 2. The Morgan fingerprint density at radius 2 is 1.79 bits per heavy atom. The highest BCUT2D eigenvalue weighted by atomic mass is 32.2. The lowest BCUT2D eigenvalue weighted by molar-refractivity contribution is 0.578. The summed E-state index contributed by atoms with van der Waals surface area (Å²) in [5, 5.41) is 5.81. The fourth-order valence-electron chi connectivity index (χ4n) is 3.88. The molecule has 0 atom stereocenters. The van der Waals surface area contributed by atoms with Crippen molar-refractivity contribution in [3.63, 3.8) is 0 Å². The van der Waals surface area contributed by atoms with Gasteiger partial charge in [-0.3, -0.25) is 14.5 Å². The van der Waals surface area contributed by atoms with Gasteiger partial charge in [0.15, 0.2) is 5.43 Å². The first-order valence-electron chi connectivity index (χ1n) is 10.6. The van der Waals surface area contributed by atoms with Crippen molar-refractivity contribution in [3.8, 4) is 11.1 Å². The number of nitrogens with one attached hydrogen (secondary N) is 1. The number of rotatable bonds is 6. The lowest BCUT2D eigenvalue weighted by Gasteiger charge is -2.08. The molecule has 0 aliphatic heterocycles. The maximum absolute atomic E-state index is 13.5. The van der Waals surface area contributed by atoms with E-state index >= 15 is 0 Å². The Balaban J connectivity index is 1.52. The molecule has 9 nitrogen and oxygen atoms in total. The van der Waals surface area contributed by atoms with E-state index in [4.69, 9.17) is 0 Å². The molecule has 0 unspecified atom stereocenters. The van der Waals surface area contributed by atoms with Crippen molar-refractivity contribution >= 4 is 31.7 Å². The van der Waals surface area contributed by atoms with Crippen molar-refractivity contribution < 1.29 is 8.42 Å². The zero-order valence-electron chi connectivity index (χ0n) is 18.6. The SMILES string of the molecule is Cn1cc(-c2cnc3ccc4ccc(CS(=O)(=O)NCc5cncn5C)cc4c(=O)c3c2)cn1. The van der Waals surface area contributed by atoms with Crippen LogP contribution in [0.4, 0.5) is 0 Å². The molecule has 3 aromatic heterocycles. The van der Waals surface area contributed by atoms with E-state index in [0.29, 0.717) is 21.9 Å². The third-order valence-corrected chi connectivity index (χ3v) is 7.03. The molecular weight excluding hydrogens is 452 g/mol. The van der Waals surface area contributed by atoms with Crippen LogP contribution in [0.15, 0.2) is 72.3 Å². The average Bonchev–Trinajstić information content (AvgIpc) is 3.40. The summed E-state index contributed by atoms with van der Waals surface area (Å²) in [7, 11) is 0.00174. The molecule has 0 saturated heterocycles. The molecule has 10 heteroatoms. The molecule has 0 radical (unpaired) electrons. The van der Waals surface area contributed by atoms with Crippen LogP contribution in [0.2, 0.25) is 0 Å². The summed E-state index contributed by atoms with van der Waals surface area (Å²) in [6.45, 7) is 0.140. The van der Waals surface area contributed by atoms with Crippen molar-refractivity contribution in [3.05, 3.63) is 89.0 Å². The maximum Gasteiger partial charge on any atom is 0.216 e. The van der Waals surface area contributed by atoms with Crippen LogP contribution in [0.25, 0.3) is 32.8 Å². The summed E-state index contributed by atoms with van der Waals surface area (Å²) >= 11 is 0. The predicted octanol–water partition coefficient (Wildman–Crippen LogP) is 2.50. The molecule has 0 aliphatic rings. The van der Waals surface area contributed by atoms with Crippen LogP contribution >= 0.6 is 0 Å². The van der Waals surface area contributed by atoms with Crippen LogP contribution < -0.4 is 10.2 Å². The largest absolute Gasteiger partial charge is 0.337 e. The quantitative estimate of drug-likeness (QED) is 0.405. The molecule has 0 bridgehead atoms. The number of imidazole rings is 1. The number of hydrogen-bond donors (Lipinski definition) is 1. The van der Waals surface area contributed by atoms with E-state index in [1.54, 1.807) is 71.5 Å². The van der Waals surface area contributed by atoms with Crippen molar-refractivity contribution in [2.75, 3.05) is 0 Å². The molecule has 172 valence electrons. The lowest BCUT2D eigenvalue weighted by atomic mass is 10.1. The van der Waals surface area contributed by atoms with E-state index in [1.807, 2.05) is 19.3 Å². The first-order chi connectivity index (χ1) is 16.3. The summed E-state index contributed by atoms with van der Waals surface area (Å²) in [5.74, 6) is -0.240. The Morgan fingerprint density at radius 1 is 0.971 bits per heavy atom. The monoisotopic (exact) mass is 474 g/mol. The number of hydrogen-bond acceptors (Lipinski definition) is 6. The molecule has 1 N–H and O–H groups in total. The molecule has 0 aliphatic carbocycles. The molecule has 2 aromatic carbocycles. The van der Waals surface area contributed by atoms with Gasteiger partial charge in [0.2, 0.25) is 10.0 Å². The maximum atomic E-state index is 13.5. The topological polar surface area (TPSA) is 112 Å². The number of nitrogens with zero attached hydrogens (tertiary/aromatic N) is 5. The van der Waals surface area contributed by atoms with Gasteiger partial charge in [-0.25, -0.2) is 18.1 Å². The molecule has 0 saturated carbocycles. The second-order valence-corrected chi connectivity index (χ2v) is 10.0. The number of pyridine rings is 1. The fraction of sp³-hybridized carbons (Fsp3) is 0.167. The van der Waals surface area contributed by atoms with Gasteiger partial charge in [0.25, 0.3) is 0 Å². The highest BCUT2D eigenvalue weighted by Crippen LogP contribution is 2.22. The van der Waals surface area contributed by atoms with Gasteiger partial charge >= 0.3 is 0 Å². The van der Waals surface area contributed by atoms with Crippen molar-refractivity contribution in [1.82, 2.24) is 29.0 Å². The highest BCUT2D eigenvalue weighted by molar-refractivity contribution is 7.88.